The van der Waals surface area contributed by atoms with E-state index in [4.69, 9.17) is 20.8 Å². The van der Waals surface area contributed by atoms with Crippen molar-refractivity contribution in [3.63, 3.8) is 0 Å². The summed E-state index contributed by atoms with van der Waals surface area (Å²) < 4.78 is 4.84. The van der Waals surface area contributed by atoms with Gasteiger partial charge in [0.25, 0.3) is 0 Å². The molecule has 0 heterocycles. The number of hydrogen-bond acceptors (Lipinski definition) is 5. The van der Waals surface area contributed by atoms with E-state index >= 15 is 0 Å². The summed E-state index contributed by atoms with van der Waals surface area (Å²) in [6, 6.07) is 1.79. The molecule has 0 amide bonds. The van der Waals surface area contributed by atoms with Crippen LogP contribution in [0.3, 0.4) is 0 Å². The molecule has 15 heavy (non-hydrogen) atoms. The monoisotopic (exact) mass is 213 g/mol. The van der Waals surface area contributed by atoms with Crippen LogP contribution < -0.4 is 5.73 Å². The standard InChI is InChI=1S/C8H13N3O2.C2H6/c1-6(7(5-12)11-2)8(10)13-4-3-9;1-2/h12H,4-5,10H2,1-2H3;1-2H3/b8-6+,11-7?;. The van der Waals surface area contributed by atoms with Crippen LogP contribution in [-0.4, -0.2) is 31.1 Å². The van der Waals surface area contributed by atoms with E-state index in [1.54, 1.807) is 20.0 Å². The van der Waals surface area contributed by atoms with Crippen LogP contribution in [0.25, 0.3) is 0 Å². The van der Waals surface area contributed by atoms with Gasteiger partial charge in [-0.2, -0.15) is 5.26 Å². The van der Waals surface area contributed by atoms with Crippen molar-refractivity contribution in [2.45, 2.75) is 20.8 Å². The SMILES string of the molecule is CC.CN=C(CO)/C(C)=C(\N)OCC#N. The summed E-state index contributed by atoms with van der Waals surface area (Å²) >= 11 is 0. The van der Waals surface area contributed by atoms with Gasteiger partial charge in [0, 0.05) is 12.6 Å². The second-order valence-electron chi connectivity index (χ2n) is 2.26. The first-order valence-corrected chi connectivity index (χ1v) is 4.70. The number of nitrogens with zero attached hydrogens (tertiary/aromatic N) is 2. The first-order valence-electron chi connectivity index (χ1n) is 4.70. The van der Waals surface area contributed by atoms with E-state index < -0.39 is 0 Å². The fraction of sp³-hybridized carbons (Fsp3) is 0.600. The van der Waals surface area contributed by atoms with E-state index in [9.17, 15) is 0 Å². The van der Waals surface area contributed by atoms with Gasteiger partial charge in [-0.15, -0.1) is 0 Å². The average Bonchev–Trinajstić information content (AvgIpc) is 2.30. The summed E-state index contributed by atoms with van der Waals surface area (Å²) in [6.07, 6.45) is 0. The van der Waals surface area contributed by atoms with E-state index in [-0.39, 0.29) is 19.1 Å². The minimum absolute atomic E-state index is 0.106. The quantitative estimate of drug-likeness (QED) is 0.534. The largest absolute Gasteiger partial charge is 0.464 e. The molecule has 0 aromatic rings. The van der Waals surface area contributed by atoms with Gasteiger partial charge in [-0.1, -0.05) is 13.8 Å². The first kappa shape index (κ1) is 15.9. The van der Waals surface area contributed by atoms with E-state index in [0.29, 0.717) is 11.3 Å². The highest BCUT2D eigenvalue weighted by molar-refractivity contribution is 6.00. The molecule has 3 N–H and O–H groups in total. The molecule has 0 aromatic heterocycles. The minimum Gasteiger partial charge on any atom is -0.464 e. The molecule has 0 aromatic carbocycles. The topological polar surface area (TPSA) is 91.6 Å². The zero-order chi connectivity index (χ0) is 12.3. The van der Waals surface area contributed by atoms with Crippen molar-refractivity contribution in [2.75, 3.05) is 20.3 Å². The van der Waals surface area contributed by atoms with Gasteiger partial charge in [0.1, 0.15) is 6.07 Å². The predicted octanol–water partition coefficient (Wildman–Crippen LogP) is 0.806. The Morgan fingerprint density at radius 2 is 2.07 bits per heavy atom. The van der Waals surface area contributed by atoms with Crippen molar-refractivity contribution in [1.82, 2.24) is 0 Å². The lowest BCUT2D eigenvalue weighted by molar-refractivity contribution is 0.246. The lowest BCUT2D eigenvalue weighted by Crippen LogP contribution is -2.14. The fourth-order valence-corrected chi connectivity index (χ4v) is 0.717. The van der Waals surface area contributed by atoms with Crippen LogP contribution in [0.2, 0.25) is 0 Å². The van der Waals surface area contributed by atoms with E-state index in [2.05, 4.69) is 4.99 Å². The van der Waals surface area contributed by atoms with Crippen LogP contribution in [-0.2, 0) is 4.74 Å². The van der Waals surface area contributed by atoms with Crippen molar-refractivity contribution >= 4 is 5.71 Å². The van der Waals surface area contributed by atoms with Gasteiger partial charge < -0.3 is 15.6 Å². The Morgan fingerprint density at radius 1 is 1.53 bits per heavy atom. The van der Waals surface area contributed by atoms with Crippen molar-refractivity contribution in [2.24, 2.45) is 10.7 Å². The average molecular weight is 213 g/mol. The highest BCUT2D eigenvalue weighted by Gasteiger charge is 2.05. The Kier molecular flexibility index (Phi) is 11.2. The molecule has 5 nitrogen and oxygen atoms in total. The summed E-state index contributed by atoms with van der Waals surface area (Å²) in [4.78, 5) is 3.80. The normalized spacial score (nSPS) is 11.9. The Labute approximate surface area is 90.9 Å². The molecular weight excluding hydrogens is 194 g/mol. The second kappa shape index (κ2) is 10.5. The summed E-state index contributed by atoms with van der Waals surface area (Å²) in [7, 11) is 1.55. The van der Waals surface area contributed by atoms with Crippen LogP contribution >= 0.6 is 0 Å². The Balaban J connectivity index is 0. The third-order valence-corrected chi connectivity index (χ3v) is 1.51. The van der Waals surface area contributed by atoms with E-state index in [1.807, 2.05) is 13.8 Å². The number of nitriles is 1. The van der Waals surface area contributed by atoms with Gasteiger partial charge in [-0.25, -0.2) is 0 Å². The Morgan fingerprint density at radius 3 is 2.40 bits per heavy atom. The van der Waals surface area contributed by atoms with Crippen molar-refractivity contribution in [3.8, 4) is 6.07 Å². The van der Waals surface area contributed by atoms with Gasteiger partial charge in [0.05, 0.1) is 12.3 Å². The van der Waals surface area contributed by atoms with Crippen LogP contribution in [0.5, 0.6) is 0 Å². The number of hydrogen-bond donors (Lipinski definition) is 2. The molecule has 0 aliphatic carbocycles. The molecule has 0 aliphatic rings. The maximum absolute atomic E-state index is 8.83. The minimum atomic E-state index is -0.195. The molecular formula is C10H19N3O2. The number of aliphatic hydroxyl groups is 1. The molecule has 0 unspecified atom stereocenters. The zero-order valence-electron chi connectivity index (χ0n) is 9.74. The number of nitrogens with two attached hydrogens (primary N) is 1. The summed E-state index contributed by atoms with van der Waals surface area (Å²) in [5.74, 6) is 0.121. The van der Waals surface area contributed by atoms with Gasteiger partial charge >= 0.3 is 0 Å². The Hall–Kier alpha value is -1.54. The maximum Gasteiger partial charge on any atom is 0.190 e. The zero-order valence-corrected chi connectivity index (χ0v) is 9.74. The molecule has 0 bridgehead atoms. The molecule has 0 saturated carbocycles. The molecule has 0 fully saturated rings. The highest BCUT2D eigenvalue weighted by Crippen LogP contribution is 2.02. The third kappa shape index (κ3) is 6.52. The number of ether oxygens (including phenoxy) is 1. The third-order valence-electron chi connectivity index (χ3n) is 1.51. The van der Waals surface area contributed by atoms with Crippen LogP contribution in [0.4, 0.5) is 0 Å². The lowest BCUT2D eigenvalue weighted by Gasteiger charge is -2.07. The van der Waals surface area contributed by atoms with Crippen LogP contribution in [0.1, 0.15) is 20.8 Å². The molecule has 0 spiro atoms. The first-order chi connectivity index (χ1) is 7.17. The number of rotatable bonds is 4. The van der Waals surface area contributed by atoms with Crippen molar-refractivity contribution < 1.29 is 9.84 Å². The van der Waals surface area contributed by atoms with Crippen molar-refractivity contribution in [1.29, 1.82) is 5.26 Å². The predicted molar refractivity (Wildman–Crippen MR) is 60.2 cm³/mol. The lowest BCUT2D eigenvalue weighted by atomic mass is 10.2. The molecule has 0 aliphatic heterocycles. The highest BCUT2D eigenvalue weighted by atomic mass is 16.5. The van der Waals surface area contributed by atoms with Gasteiger partial charge in [-0.05, 0) is 6.92 Å². The fourth-order valence-electron chi connectivity index (χ4n) is 0.717. The van der Waals surface area contributed by atoms with Gasteiger partial charge in [0.15, 0.2) is 12.5 Å². The summed E-state index contributed by atoms with van der Waals surface area (Å²) in [5.41, 5.74) is 6.48. The number of aliphatic imine (C=N–C) groups is 1. The molecule has 0 atom stereocenters. The molecule has 0 saturated heterocycles. The van der Waals surface area contributed by atoms with E-state index in [1.165, 1.54) is 0 Å². The molecule has 0 rings (SSSR count). The van der Waals surface area contributed by atoms with Crippen molar-refractivity contribution in [3.05, 3.63) is 11.5 Å². The van der Waals surface area contributed by atoms with Gasteiger partial charge in [0.2, 0.25) is 0 Å². The number of aliphatic hydroxyl groups excluding tert-OH is 1. The maximum atomic E-state index is 8.83. The van der Waals surface area contributed by atoms with Crippen LogP contribution in [0.15, 0.2) is 16.4 Å². The van der Waals surface area contributed by atoms with E-state index in [0.717, 1.165) is 0 Å². The summed E-state index contributed by atoms with van der Waals surface area (Å²) in [5, 5.41) is 17.0. The van der Waals surface area contributed by atoms with Crippen LogP contribution in [0, 0.1) is 11.3 Å². The Bertz CT molecular complexity index is 264. The molecule has 86 valence electrons. The molecule has 5 heteroatoms. The van der Waals surface area contributed by atoms with Gasteiger partial charge in [-0.3, -0.25) is 4.99 Å². The molecule has 0 radical (unpaired) electrons. The smallest absolute Gasteiger partial charge is 0.190 e. The summed E-state index contributed by atoms with van der Waals surface area (Å²) in [6.45, 7) is 5.37. The second-order valence-corrected chi connectivity index (χ2v) is 2.26.